The maximum absolute atomic E-state index is 11.3. The standard InChI is InChI=1S/C13H19NO2S/c1-11(12-5-3-2-4-6-12)14-13-7-9-17(15,16)10-8-13/h2-6,11,13-14H,7-10H2,1H3/t11-/m0/s1. The van der Waals surface area contributed by atoms with Crippen molar-refractivity contribution >= 4 is 9.84 Å². The normalized spacial score (nSPS) is 22.2. The van der Waals surface area contributed by atoms with E-state index < -0.39 is 9.84 Å². The highest BCUT2D eigenvalue weighted by Gasteiger charge is 2.24. The fraction of sp³-hybridized carbons (Fsp3) is 0.538. The first kappa shape index (κ1) is 12.6. The molecule has 4 heteroatoms. The molecule has 1 heterocycles. The van der Waals surface area contributed by atoms with Crippen LogP contribution in [0.1, 0.15) is 31.4 Å². The molecular weight excluding hydrogens is 234 g/mol. The Labute approximate surface area is 103 Å². The summed E-state index contributed by atoms with van der Waals surface area (Å²) < 4.78 is 22.6. The van der Waals surface area contributed by atoms with Gasteiger partial charge in [0.2, 0.25) is 0 Å². The highest BCUT2D eigenvalue weighted by atomic mass is 32.2. The molecule has 1 fully saturated rings. The third kappa shape index (κ3) is 3.54. The smallest absolute Gasteiger partial charge is 0.150 e. The van der Waals surface area contributed by atoms with E-state index in [0.29, 0.717) is 17.5 Å². The molecule has 0 aliphatic carbocycles. The van der Waals surface area contributed by atoms with E-state index in [0.717, 1.165) is 12.8 Å². The van der Waals surface area contributed by atoms with Crippen LogP contribution in [-0.4, -0.2) is 26.0 Å². The average Bonchev–Trinajstić information content (AvgIpc) is 2.33. The molecule has 1 aromatic rings. The molecular formula is C13H19NO2S. The van der Waals surface area contributed by atoms with E-state index in [2.05, 4.69) is 24.4 Å². The maximum atomic E-state index is 11.3. The Hall–Kier alpha value is -0.870. The van der Waals surface area contributed by atoms with Crippen LogP contribution in [0.15, 0.2) is 30.3 Å². The quantitative estimate of drug-likeness (QED) is 0.895. The number of nitrogens with one attached hydrogen (secondary N) is 1. The second kappa shape index (κ2) is 5.19. The van der Waals surface area contributed by atoms with Crippen LogP contribution in [0.3, 0.4) is 0 Å². The van der Waals surface area contributed by atoms with Gasteiger partial charge in [-0.15, -0.1) is 0 Å². The molecule has 94 valence electrons. The number of sulfone groups is 1. The Bertz CT molecular complexity index is 442. The lowest BCUT2D eigenvalue weighted by Gasteiger charge is -2.26. The summed E-state index contributed by atoms with van der Waals surface area (Å²) in [5.74, 6) is 0.651. The van der Waals surface area contributed by atoms with Crippen LogP contribution in [0.5, 0.6) is 0 Å². The Morgan fingerprint density at radius 1 is 1.18 bits per heavy atom. The van der Waals surface area contributed by atoms with Gasteiger partial charge in [-0.3, -0.25) is 0 Å². The SMILES string of the molecule is C[C@H](NC1CCS(=O)(=O)CC1)c1ccccc1. The zero-order valence-electron chi connectivity index (χ0n) is 10.1. The van der Waals surface area contributed by atoms with E-state index in [-0.39, 0.29) is 6.04 Å². The molecule has 1 N–H and O–H groups in total. The predicted molar refractivity (Wildman–Crippen MR) is 69.7 cm³/mol. The minimum absolute atomic E-state index is 0.280. The summed E-state index contributed by atoms with van der Waals surface area (Å²) in [4.78, 5) is 0. The fourth-order valence-electron chi connectivity index (χ4n) is 2.25. The monoisotopic (exact) mass is 253 g/mol. The summed E-state index contributed by atoms with van der Waals surface area (Å²) in [6, 6.07) is 10.9. The lowest BCUT2D eigenvalue weighted by molar-refractivity contribution is 0.420. The van der Waals surface area contributed by atoms with Gasteiger partial charge in [0.25, 0.3) is 0 Å². The third-order valence-corrected chi connectivity index (χ3v) is 5.06. The molecule has 17 heavy (non-hydrogen) atoms. The van der Waals surface area contributed by atoms with Crippen molar-refractivity contribution in [3.05, 3.63) is 35.9 Å². The minimum atomic E-state index is -2.76. The summed E-state index contributed by atoms with van der Waals surface area (Å²) in [5, 5.41) is 3.51. The van der Waals surface area contributed by atoms with Gasteiger partial charge in [-0.2, -0.15) is 0 Å². The first-order valence-electron chi connectivity index (χ1n) is 6.08. The molecule has 0 bridgehead atoms. The second-order valence-corrected chi connectivity index (χ2v) is 7.03. The number of benzene rings is 1. The van der Waals surface area contributed by atoms with Gasteiger partial charge in [0.05, 0.1) is 11.5 Å². The molecule has 3 nitrogen and oxygen atoms in total. The van der Waals surface area contributed by atoms with Crippen LogP contribution in [-0.2, 0) is 9.84 Å². The largest absolute Gasteiger partial charge is 0.307 e. The molecule has 0 spiro atoms. The van der Waals surface area contributed by atoms with Gasteiger partial charge >= 0.3 is 0 Å². The molecule has 1 aromatic carbocycles. The van der Waals surface area contributed by atoms with Crippen molar-refractivity contribution in [3.63, 3.8) is 0 Å². The third-order valence-electron chi connectivity index (χ3n) is 3.34. The van der Waals surface area contributed by atoms with Crippen molar-refractivity contribution in [2.75, 3.05) is 11.5 Å². The number of hydrogen-bond acceptors (Lipinski definition) is 3. The van der Waals surface area contributed by atoms with E-state index in [1.165, 1.54) is 5.56 Å². The molecule has 2 rings (SSSR count). The minimum Gasteiger partial charge on any atom is -0.307 e. The van der Waals surface area contributed by atoms with E-state index in [4.69, 9.17) is 0 Å². The Morgan fingerprint density at radius 3 is 2.35 bits per heavy atom. The van der Waals surface area contributed by atoms with Crippen LogP contribution in [0, 0.1) is 0 Å². The highest BCUT2D eigenvalue weighted by molar-refractivity contribution is 7.91. The Kier molecular flexibility index (Phi) is 3.84. The summed E-state index contributed by atoms with van der Waals surface area (Å²) in [6.45, 7) is 2.12. The zero-order chi connectivity index (χ0) is 12.3. The van der Waals surface area contributed by atoms with Crippen LogP contribution in [0.25, 0.3) is 0 Å². The van der Waals surface area contributed by atoms with Crippen LogP contribution < -0.4 is 5.32 Å². The molecule has 0 radical (unpaired) electrons. The Balaban J connectivity index is 1.90. The van der Waals surface area contributed by atoms with Crippen molar-refractivity contribution in [3.8, 4) is 0 Å². The molecule has 1 saturated heterocycles. The van der Waals surface area contributed by atoms with Crippen molar-refractivity contribution < 1.29 is 8.42 Å². The van der Waals surface area contributed by atoms with Gasteiger partial charge in [0, 0.05) is 12.1 Å². The Morgan fingerprint density at radius 2 is 1.76 bits per heavy atom. The van der Waals surface area contributed by atoms with Gasteiger partial charge < -0.3 is 5.32 Å². The van der Waals surface area contributed by atoms with Crippen molar-refractivity contribution in [1.29, 1.82) is 0 Å². The fourth-order valence-corrected chi connectivity index (χ4v) is 3.74. The molecule has 0 amide bonds. The topological polar surface area (TPSA) is 46.2 Å². The average molecular weight is 253 g/mol. The van der Waals surface area contributed by atoms with Gasteiger partial charge in [-0.25, -0.2) is 8.42 Å². The maximum Gasteiger partial charge on any atom is 0.150 e. The van der Waals surface area contributed by atoms with Gasteiger partial charge in [0.15, 0.2) is 0 Å². The lowest BCUT2D eigenvalue weighted by atomic mass is 10.1. The van der Waals surface area contributed by atoms with E-state index >= 15 is 0 Å². The van der Waals surface area contributed by atoms with Crippen molar-refractivity contribution in [2.24, 2.45) is 0 Å². The number of rotatable bonds is 3. The summed E-state index contributed by atoms with van der Waals surface area (Å²) in [7, 11) is -2.76. The lowest BCUT2D eigenvalue weighted by Crippen LogP contribution is -2.38. The first-order chi connectivity index (χ1) is 8.07. The predicted octanol–water partition coefficient (Wildman–Crippen LogP) is 1.91. The first-order valence-corrected chi connectivity index (χ1v) is 7.90. The van der Waals surface area contributed by atoms with Crippen LogP contribution in [0.4, 0.5) is 0 Å². The molecule has 1 atom stereocenters. The van der Waals surface area contributed by atoms with Gasteiger partial charge in [0.1, 0.15) is 9.84 Å². The van der Waals surface area contributed by atoms with Crippen LogP contribution in [0.2, 0.25) is 0 Å². The summed E-state index contributed by atoms with van der Waals surface area (Å²) in [6.07, 6.45) is 1.47. The van der Waals surface area contributed by atoms with Gasteiger partial charge in [-0.1, -0.05) is 30.3 Å². The van der Waals surface area contributed by atoms with Crippen LogP contribution >= 0.6 is 0 Å². The zero-order valence-corrected chi connectivity index (χ0v) is 10.9. The van der Waals surface area contributed by atoms with Crippen molar-refractivity contribution in [1.82, 2.24) is 5.32 Å². The van der Waals surface area contributed by atoms with Gasteiger partial charge in [-0.05, 0) is 25.3 Å². The molecule has 0 unspecified atom stereocenters. The highest BCUT2D eigenvalue weighted by Crippen LogP contribution is 2.18. The molecule has 0 saturated carbocycles. The van der Waals surface area contributed by atoms with Crippen molar-refractivity contribution in [2.45, 2.75) is 31.8 Å². The molecule has 0 aromatic heterocycles. The molecule has 1 aliphatic heterocycles. The van der Waals surface area contributed by atoms with E-state index in [9.17, 15) is 8.42 Å². The van der Waals surface area contributed by atoms with E-state index in [1.807, 2.05) is 18.2 Å². The van der Waals surface area contributed by atoms with E-state index in [1.54, 1.807) is 0 Å². The summed E-state index contributed by atoms with van der Waals surface area (Å²) >= 11 is 0. The second-order valence-electron chi connectivity index (χ2n) is 4.73. The summed E-state index contributed by atoms with van der Waals surface area (Å²) in [5.41, 5.74) is 1.25. The number of hydrogen-bond donors (Lipinski definition) is 1. The molecule has 1 aliphatic rings.